The highest BCUT2D eigenvalue weighted by molar-refractivity contribution is 5.90. The largest absolute Gasteiger partial charge is 0.444 e. The summed E-state index contributed by atoms with van der Waals surface area (Å²) in [5, 5.41) is 10.7. The highest BCUT2D eigenvalue weighted by atomic mass is 16.6. The Kier molecular flexibility index (Phi) is 4.39. The summed E-state index contributed by atoms with van der Waals surface area (Å²) < 4.78 is 5.34. The molecule has 1 saturated heterocycles. The van der Waals surface area contributed by atoms with Crippen molar-refractivity contribution < 1.29 is 19.4 Å². The molecule has 0 aliphatic carbocycles. The molecule has 0 saturated carbocycles. The Labute approximate surface area is 120 Å². The summed E-state index contributed by atoms with van der Waals surface area (Å²) in [6, 6.07) is -0.709. The average Bonchev–Trinajstić information content (AvgIpc) is 2.49. The minimum atomic E-state index is -1.63. The van der Waals surface area contributed by atoms with Crippen LogP contribution in [0.25, 0.3) is 0 Å². The summed E-state index contributed by atoms with van der Waals surface area (Å²) in [7, 11) is 1.51. The number of aliphatic hydroxyl groups is 1. The van der Waals surface area contributed by atoms with Crippen molar-refractivity contribution >= 4 is 12.0 Å². The first kappa shape index (κ1) is 16.8. The smallest absolute Gasteiger partial charge is 0.414 e. The van der Waals surface area contributed by atoms with Gasteiger partial charge < -0.3 is 9.84 Å². The van der Waals surface area contributed by atoms with Gasteiger partial charge in [-0.25, -0.2) is 9.69 Å². The number of likely N-dealkylation sites (N-methyl/N-ethyl adjacent to an activating group) is 1. The zero-order chi connectivity index (χ0) is 15.9. The van der Waals surface area contributed by atoms with E-state index in [2.05, 4.69) is 0 Å². The van der Waals surface area contributed by atoms with E-state index in [4.69, 9.17) is 4.74 Å². The normalized spacial score (nSPS) is 27.4. The number of hydrogen-bond acceptors (Lipinski definition) is 4. The fourth-order valence-corrected chi connectivity index (χ4v) is 2.43. The molecule has 6 nitrogen and oxygen atoms in total. The van der Waals surface area contributed by atoms with Crippen molar-refractivity contribution in [2.75, 3.05) is 7.05 Å². The van der Waals surface area contributed by atoms with E-state index in [1.54, 1.807) is 27.7 Å². The molecule has 0 radical (unpaired) electrons. The summed E-state index contributed by atoms with van der Waals surface area (Å²) >= 11 is 0. The van der Waals surface area contributed by atoms with E-state index in [0.717, 1.165) is 0 Å². The van der Waals surface area contributed by atoms with Crippen LogP contribution in [-0.4, -0.2) is 51.4 Å². The van der Waals surface area contributed by atoms with E-state index in [0.29, 0.717) is 0 Å². The quantitative estimate of drug-likeness (QED) is 0.840. The maximum atomic E-state index is 12.4. The number of nitrogens with zero attached hydrogens (tertiary/aromatic N) is 2. The second-order valence-electron chi connectivity index (χ2n) is 6.56. The SMILES string of the molecule is CC[C@@]1(O)N(C)C(=O)[C@H](C(C)C)N1C(=O)OC(C)(C)C. The van der Waals surface area contributed by atoms with Crippen molar-refractivity contribution in [2.24, 2.45) is 5.92 Å². The van der Waals surface area contributed by atoms with Gasteiger partial charge in [0.25, 0.3) is 0 Å². The van der Waals surface area contributed by atoms with Gasteiger partial charge in [-0.2, -0.15) is 0 Å². The first-order valence-electron chi connectivity index (χ1n) is 6.98. The third-order valence-corrected chi connectivity index (χ3v) is 3.48. The van der Waals surface area contributed by atoms with Crippen molar-refractivity contribution in [3.05, 3.63) is 0 Å². The van der Waals surface area contributed by atoms with E-state index in [1.807, 2.05) is 13.8 Å². The third kappa shape index (κ3) is 2.75. The molecular formula is C14H26N2O4. The van der Waals surface area contributed by atoms with Crippen LogP contribution in [0.1, 0.15) is 48.0 Å². The van der Waals surface area contributed by atoms with Crippen LogP contribution in [-0.2, 0) is 9.53 Å². The summed E-state index contributed by atoms with van der Waals surface area (Å²) in [5.74, 6) is -2.01. The van der Waals surface area contributed by atoms with E-state index in [1.165, 1.54) is 16.8 Å². The highest BCUT2D eigenvalue weighted by Crippen LogP contribution is 2.35. The molecule has 0 spiro atoms. The Morgan fingerprint density at radius 1 is 1.45 bits per heavy atom. The molecule has 2 atom stereocenters. The van der Waals surface area contributed by atoms with Crippen LogP contribution in [0.3, 0.4) is 0 Å². The van der Waals surface area contributed by atoms with Gasteiger partial charge in [0, 0.05) is 13.5 Å². The number of carbonyl (C=O) groups excluding carboxylic acids is 2. The fourth-order valence-electron chi connectivity index (χ4n) is 2.43. The van der Waals surface area contributed by atoms with Gasteiger partial charge in [-0.15, -0.1) is 0 Å². The Bertz CT molecular complexity index is 402. The van der Waals surface area contributed by atoms with Crippen LogP contribution in [0.15, 0.2) is 0 Å². The predicted octanol–water partition coefficient (Wildman–Crippen LogP) is 1.78. The van der Waals surface area contributed by atoms with Gasteiger partial charge in [-0.3, -0.25) is 9.69 Å². The number of hydrogen-bond donors (Lipinski definition) is 1. The van der Waals surface area contributed by atoms with Gasteiger partial charge in [-0.1, -0.05) is 20.8 Å². The number of amides is 2. The molecule has 6 heteroatoms. The van der Waals surface area contributed by atoms with Crippen LogP contribution in [0.2, 0.25) is 0 Å². The van der Waals surface area contributed by atoms with E-state index in [-0.39, 0.29) is 18.2 Å². The molecule has 1 heterocycles. The molecule has 2 amide bonds. The van der Waals surface area contributed by atoms with Gasteiger partial charge in [0.05, 0.1) is 0 Å². The molecule has 0 aromatic rings. The van der Waals surface area contributed by atoms with E-state index in [9.17, 15) is 14.7 Å². The molecule has 1 rings (SSSR count). The van der Waals surface area contributed by atoms with Crippen LogP contribution in [0.5, 0.6) is 0 Å². The molecule has 20 heavy (non-hydrogen) atoms. The lowest BCUT2D eigenvalue weighted by atomic mass is 10.0. The topological polar surface area (TPSA) is 70.1 Å². The van der Waals surface area contributed by atoms with Crippen LogP contribution in [0, 0.1) is 5.92 Å². The Balaban J connectivity index is 3.21. The Morgan fingerprint density at radius 2 is 1.95 bits per heavy atom. The highest BCUT2D eigenvalue weighted by Gasteiger charge is 2.57. The average molecular weight is 286 g/mol. The number of rotatable bonds is 2. The minimum Gasteiger partial charge on any atom is -0.444 e. The minimum absolute atomic E-state index is 0.113. The second kappa shape index (κ2) is 5.24. The molecule has 0 unspecified atom stereocenters. The van der Waals surface area contributed by atoms with Gasteiger partial charge in [-0.05, 0) is 26.7 Å². The van der Waals surface area contributed by atoms with E-state index >= 15 is 0 Å². The lowest BCUT2D eigenvalue weighted by Crippen LogP contribution is -2.57. The van der Waals surface area contributed by atoms with E-state index < -0.39 is 23.6 Å². The van der Waals surface area contributed by atoms with Gasteiger partial charge in [0.1, 0.15) is 11.6 Å². The van der Waals surface area contributed by atoms with Crippen molar-refractivity contribution in [2.45, 2.75) is 65.5 Å². The van der Waals surface area contributed by atoms with Crippen molar-refractivity contribution in [3.8, 4) is 0 Å². The van der Waals surface area contributed by atoms with Gasteiger partial charge >= 0.3 is 6.09 Å². The monoisotopic (exact) mass is 286 g/mol. The summed E-state index contributed by atoms with van der Waals surface area (Å²) in [5.41, 5.74) is -0.683. The van der Waals surface area contributed by atoms with Crippen molar-refractivity contribution in [1.82, 2.24) is 9.80 Å². The van der Waals surface area contributed by atoms with Crippen molar-refractivity contribution in [3.63, 3.8) is 0 Å². The molecule has 0 aromatic carbocycles. The molecule has 0 aromatic heterocycles. The first-order valence-corrected chi connectivity index (χ1v) is 6.98. The molecule has 116 valence electrons. The maximum Gasteiger partial charge on any atom is 0.414 e. The molecule has 1 aliphatic rings. The van der Waals surface area contributed by atoms with Crippen LogP contribution >= 0.6 is 0 Å². The predicted molar refractivity (Wildman–Crippen MR) is 74.7 cm³/mol. The maximum absolute atomic E-state index is 12.4. The zero-order valence-corrected chi connectivity index (χ0v) is 13.4. The number of ether oxygens (including phenoxy) is 1. The molecular weight excluding hydrogens is 260 g/mol. The Hall–Kier alpha value is -1.30. The first-order chi connectivity index (χ1) is 8.95. The van der Waals surface area contributed by atoms with Gasteiger partial charge in [0.15, 0.2) is 0 Å². The lowest BCUT2D eigenvalue weighted by molar-refractivity contribution is -0.171. The summed E-state index contributed by atoms with van der Waals surface area (Å²) in [4.78, 5) is 27.1. The Morgan fingerprint density at radius 3 is 2.30 bits per heavy atom. The fraction of sp³-hybridized carbons (Fsp3) is 0.857. The molecule has 0 bridgehead atoms. The molecule has 1 aliphatic heterocycles. The standard InChI is InChI=1S/C14H26N2O4/c1-8-14(19)15(7)11(17)10(9(2)3)16(14)12(18)20-13(4,5)6/h9-10,19H,8H2,1-7H3/t10-,14+/m0/s1. The molecule has 1 fully saturated rings. The van der Waals surface area contributed by atoms with Crippen molar-refractivity contribution in [1.29, 1.82) is 0 Å². The number of carbonyl (C=O) groups is 2. The van der Waals surface area contributed by atoms with Crippen LogP contribution < -0.4 is 0 Å². The third-order valence-electron chi connectivity index (χ3n) is 3.48. The lowest BCUT2D eigenvalue weighted by Gasteiger charge is -2.38. The molecule has 1 N–H and O–H groups in total. The zero-order valence-electron chi connectivity index (χ0n) is 13.4. The van der Waals surface area contributed by atoms with Crippen LogP contribution in [0.4, 0.5) is 4.79 Å². The summed E-state index contributed by atoms with van der Waals surface area (Å²) in [6.45, 7) is 10.7. The van der Waals surface area contributed by atoms with Gasteiger partial charge in [0.2, 0.25) is 11.8 Å². The second-order valence-corrected chi connectivity index (χ2v) is 6.56. The summed E-state index contributed by atoms with van der Waals surface area (Å²) in [6.07, 6.45) is -0.448.